The number of rotatable bonds is 4. The number of hydrogen-bond acceptors (Lipinski definition) is 4. The number of hydrogen-bond donors (Lipinski definition) is 1. The number of carboxylic acid groups (broad SMARTS) is 1. The molecule has 118 valence electrons. The van der Waals surface area contributed by atoms with Crippen LogP contribution in [-0.4, -0.2) is 52.0 Å². The number of piperidine rings is 1. The van der Waals surface area contributed by atoms with Crippen LogP contribution in [0.3, 0.4) is 0 Å². The Kier molecular flexibility index (Phi) is 3.76. The lowest BCUT2D eigenvalue weighted by molar-refractivity contribution is -0.143. The van der Waals surface area contributed by atoms with E-state index >= 15 is 0 Å². The molecular weight excluding hydrogens is 282 g/mol. The Morgan fingerprint density at radius 3 is 2.55 bits per heavy atom. The van der Waals surface area contributed by atoms with Gasteiger partial charge in [0.05, 0.1) is 18.0 Å². The number of aliphatic carboxylic acids is 1. The number of anilines is 1. The van der Waals surface area contributed by atoms with Crippen LogP contribution >= 0.6 is 0 Å². The largest absolute Gasteiger partial charge is 0.481 e. The van der Waals surface area contributed by atoms with Gasteiger partial charge in [-0.05, 0) is 24.5 Å². The molecule has 2 unspecified atom stereocenters. The first kappa shape index (κ1) is 14.8. The molecule has 3 fully saturated rings. The smallest absolute Gasteiger partial charge is 0.306 e. The summed E-state index contributed by atoms with van der Waals surface area (Å²) in [6.45, 7) is 4.98. The minimum Gasteiger partial charge on any atom is -0.481 e. The van der Waals surface area contributed by atoms with Gasteiger partial charge < -0.3 is 14.9 Å². The van der Waals surface area contributed by atoms with E-state index < -0.39 is 11.9 Å². The Labute approximate surface area is 129 Å². The average molecular weight is 303 g/mol. The Morgan fingerprint density at radius 1 is 1.36 bits per heavy atom. The van der Waals surface area contributed by atoms with Crippen molar-refractivity contribution >= 4 is 17.7 Å². The fraction of sp³-hybridized carbons (Fsp3) is 0.562. The van der Waals surface area contributed by atoms with E-state index in [1.807, 2.05) is 17.0 Å². The summed E-state index contributed by atoms with van der Waals surface area (Å²) in [4.78, 5) is 31.1. The van der Waals surface area contributed by atoms with Crippen LogP contribution in [0.4, 0.5) is 5.82 Å². The molecule has 6 nitrogen and oxygen atoms in total. The molecule has 0 aromatic carbocycles. The second kappa shape index (κ2) is 5.59. The van der Waals surface area contributed by atoms with Crippen LogP contribution in [0.2, 0.25) is 0 Å². The van der Waals surface area contributed by atoms with Crippen molar-refractivity contribution in [2.75, 3.05) is 18.0 Å². The van der Waals surface area contributed by atoms with Crippen molar-refractivity contribution < 1.29 is 14.7 Å². The fourth-order valence-corrected chi connectivity index (χ4v) is 3.48. The number of piperazine rings is 1. The molecule has 22 heavy (non-hydrogen) atoms. The molecule has 1 N–H and O–H groups in total. The van der Waals surface area contributed by atoms with Crippen LogP contribution in [-0.2, 0) is 16.0 Å². The minimum absolute atomic E-state index is 0.159. The maximum absolute atomic E-state index is 11.5. The summed E-state index contributed by atoms with van der Waals surface area (Å²) < 4.78 is 0. The van der Waals surface area contributed by atoms with Crippen molar-refractivity contribution in [3.05, 3.63) is 23.9 Å². The normalized spacial score (nSPS) is 24.6. The first-order valence-electron chi connectivity index (χ1n) is 7.67. The van der Waals surface area contributed by atoms with Crippen molar-refractivity contribution in [2.45, 2.75) is 38.8 Å². The SMILES string of the molecule is CC(=O)N1C2CC1CN(c1ccc(C[C@H](C)C(=O)O)cn1)C2. The van der Waals surface area contributed by atoms with Crippen molar-refractivity contribution in [3.8, 4) is 0 Å². The molecule has 0 spiro atoms. The highest BCUT2D eigenvalue weighted by molar-refractivity contribution is 5.75. The molecule has 3 aliphatic heterocycles. The van der Waals surface area contributed by atoms with Gasteiger partial charge in [0.2, 0.25) is 5.91 Å². The van der Waals surface area contributed by atoms with E-state index in [0.29, 0.717) is 18.5 Å². The van der Waals surface area contributed by atoms with Crippen molar-refractivity contribution in [2.24, 2.45) is 5.92 Å². The summed E-state index contributed by atoms with van der Waals surface area (Å²) in [6, 6.07) is 4.52. The maximum Gasteiger partial charge on any atom is 0.306 e. The molecule has 1 aromatic heterocycles. The molecule has 2 bridgehead atoms. The third-order valence-electron chi connectivity index (χ3n) is 4.65. The lowest BCUT2D eigenvalue weighted by Crippen LogP contribution is -2.70. The van der Waals surface area contributed by atoms with Crippen LogP contribution < -0.4 is 4.90 Å². The van der Waals surface area contributed by atoms with Crippen molar-refractivity contribution in [3.63, 3.8) is 0 Å². The summed E-state index contributed by atoms with van der Waals surface area (Å²) in [5.41, 5.74) is 0.936. The fourth-order valence-electron chi connectivity index (χ4n) is 3.48. The number of nitrogens with zero attached hydrogens (tertiary/aromatic N) is 3. The number of amides is 1. The van der Waals surface area contributed by atoms with Gasteiger partial charge in [-0.15, -0.1) is 0 Å². The number of carboxylic acids is 1. The first-order chi connectivity index (χ1) is 10.5. The molecule has 4 heterocycles. The van der Waals surface area contributed by atoms with Crippen molar-refractivity contribution in [1.29, 1.82) is 0 Å². The third kappa shape index (κ3) is 2.65. The summed E-state index contributed by atoms with van der Waals surface area (Å²) in [5, 5.41) is 8.94. The highest BCUT2D eigenvalue weighted by Gasteiger charge is 2.46. The summed E-state index contributed by atoms with van der Waals surface area (Å²) >= 11 is 0. The number of carbonyl (C=O) groups is 2. The molecule has 1 aromatic rings. The zero-order valence-corrected chi connectivity index (χ0v) is 12.9. The topological polar surface area (TPSA) is 73.7 Å². The summed E-state index contributed by atoms with van der Waals surface area (Å²) in [6.07, 6.45) is 3.34. The Hall–Kier alpha value is -2.11. The van der Waals surface area contributed by atoms with E-state index in [0.717, 1.165) is 30.9 Å². The van der Waals surface area contributed by atoms with Gasteiger partial charge >= 0.3 is 5.97 Å². The van der Waals surface area contributed by atoms with Gasteiger partial charge in [0.25, 0.3) is 0 Å². The lowest BCUT2D eigenvalue weighted by atomic mass is 9.87. The highest BCUT2D eigenvalue weighted by Crippen LogP contribution is 2.34. The van der Waals surface area contributed by atoms with E-state index in [1.165, 1.54) is 0 Å². The highest BCUT2D eigenvalue weighted by atomic mass is 16.4. The van der Waals surface area contributed by atoms with Crippen LogP contribution in [0.5, 0.6) is 0 Å². The van der Waals surface area contributed by atoms with Crippen LogP contribution in [0.1, 0.15) is 25.8 Å². The van der Waals surface area contributed by atoms with Crippen LogP contribution in [0.25, 0.3) is 0 Å². The van der Waals surface area contributed by atoms with Gasteiger partial charge in [-0.3, -0.25) is 9.59 Å². The van der Waals surface area contributed by atoms with Gasteiger partial charge in [0, 0.05) is 26.2 Å². The Bertz CT molecular complexity index is 575. The number of carbonyl (C=O) groups excluding carboxylic acids is 1. The predicted octanol–water partition coefficient (Wildman–Crippen LogP) is 1.15. The monoisotopic (exact) mass is 303 g/mol. The van der Waals surface area contributed by atoms with Gasteiger partial charge in [-0.1, -0.05) is 13.0 Å². The molecule has 4 rings (SSSR count). The number of aromatic nitrogens is 1. The molecule has 0 aliphatic carbocycles. The number of fused-ring (bicyclic) bond motifs is 2. The molecule has 3 atom stereocenters. The molecular formula is C16H21N3O3. The molecule has 6 heteroatoms. The molecule has 0 saturated carbocycles. The van der Waals surface area contributed by atoms with Gasteiger partial charge in [0.1, 0.15) is 5.82 Å². The zero-order valence-electron chi connectivity index (χ0n) is 12.9. The quantitative estimate of drug-likeness (QED) is 0.903. The van der Waals surface area contributed by atoms with E-state index in [1.54, 1.807) is 20.0 Å². The minimum atomic E-state index is -0.787. The molecule has 1 amide bonds. The third-order valence-corrected chi connectivity index (χ3v) is 4.65. The predicted molar refractivity (Wildman–Crippen MR) is 81.7 cm³/mol. The maximum atomic E-state index is 11.5. The van der Waals surface area contributed by atoms with E-state index in [2.05, 4.69) is 9.88 Å². The lowest BCUT2D eigenvalue weighted by Gasteiger charge is -2.56. The van der Waals surface area contributed by atoms with E-state index in [-0.39, 0.29) is 5.91 Å². The van der Waals surface area contributed by atoms with Gasteiger partial charge in [-0.25, -0.2) is 4.98 Å². The van der Waals surface area contributed by atoms with Crippen LogP contribution in [0, 0.1) is 5.92 Å². The van der Waals surface area contributed by atoms with Crippen LogP contribution in [0.15, 0.2) is 18.3 Å². The first-order valence-corrected chi connectivity index (χ1v) is 7.67. The Morgan fingerprint density at radius 2 is 2.05 bits per heavy atom. The van der Waals surface area contributed by atoms with E-state index in [4.69, 9.17) is 5.11 Å². The molecule has 3 aliphatic rings. The summed E-state index contributed by atoms with van der Waals surface area (Å²) in [7, 11) is 0. The molecule has 0 radical (unpaired) electrons. The summed E-state index contributed by atoms with van der Waals surface area (Å²) in [5.74, 6) is -0.125. The second-order valence-electron chi connectivity index (χ2n) is 6.34. The van der Waals surface area contributed by atoms with Gasteiger partial charge in [0.15, 0.2) is 0 Å². The zero-order chi connectivity index (χ0) is 15.9. The van der Waals surface area contributed by atoms with E-state index in [9.17, 15) is 9.59 Å². The number of pyridine rings is 1. The standard InChI is InChI=1S/C16H21N3O3/c1-10(16(21)22)5-12-3-4-15(17-7-12)18-8-13-6-14(9-18)19(13)11(2)20/h3-4,7,10,13-14H,5-6,8-9H2,1-2H3,(H,21,22)/t10-,13?,14?/m0/s1. The molecule has 3 saturated heterocycles. The van der Waals surface area contributed by atoms with Gasteiger partial charge in [-0.2, -0.15) is 0 Å². The Balaban J connectivity index is 1.63. The van der Waals surface area contributed by atoms with Crippen molar-refractivity contribution in [1.82, 2.24) is 9.88 Å². The second-order valence-corrected chi connectivity index (χ2v) is 6.34. The average Bonchev–Trinajstić information content (AvgIpc) is 2.47.